The molecule has 37 heavy (non-hydrogen) atoms. The molecule has 2 aliphatic rings. The molecule has 1 saturated carbocycles. The van der Waals surface area contributed by atoms with Gasteiger partial charge in [-0.25, -0.2) is 18.4 Å². The van der Waals surface area contributed by atoms with E-state index in [1.165, 1.54) is 11.3 Å². The third-order valence-corrected chi connectivity index (χ3v) is 7.12. The molecule has 0 spiro atoms. The molecule has 1 N–H and O–H groups in total. The van der Waals surface area contributed by atoms with Gasteiger partial charge >= 0.3 is 12.0 Å². The second-order valence-electron chi connectivity index (χ2n) is 9.89. The van der Waals surface area contributed by atoms with Crippen LogP contribution in [0.25, 0.3) is 11.4 Å². The van der Waals surface area contributed by atoms with Gasteiger partial charge < -0.3 is 9.84 Å². The third-order valence-electron chi connectivity index (χ3n) is 7.12. The zero-order valence-electron chi connectivity index (χ0n) is 20.8. The SMILES string of the molecule is Cc1nc(-c2nnn(C)c2COc2nccc(C3CCC3)n2)ccc1CN1CC(C(=O)O)CC(F)(F)C1. The van der Waals surface area contributed by atoms with Crippen molar-refractivity contribution in [2.45, 2.75) is 57.6 Å². The number of halogens is 2. The standard InChI is InChI=1S/C25H29F2N7O3/c1-15-17(11-34-12-18(23(35)36)10-25(26,27)14-34)6-7-20(29-15)22-21(33(2)32-31-22)13-37-24-28-9-8-19(30-24)16-4-3-5-16/h6-9,16,18H,3-5,10-14H2,1-2H3,(H,35,36). The molecule has 10 nitrogen and oxygen atoms in total. The van der Waals surface area contributed by atoms with E-state index in [1.54, 1.807) is 30.9 Å². The fourth-order valence-electron chi connectivity index (χ4n) is 4.83. The quantitative estimate of drug-likeness (QED) is 0.483. The number of likely N-dealkylation sites (tertiary alicyclic amines) is 1. The van der Waals surface area contributed by atoms with Gasteiger partial charge in [0.15, 0.2) is 0 Å². The highest BCUT2D eigenvalue weighted by Gasteiger charge is 2.43. The van der Waals surface area contributed by atoms with E-state index < -0.39 is 30.8 Å². The van der Waals surface area contributed by atoms with Crippen LogP contribution in [0.3, 0.4) is 0 Å². The number of hydrogen-bond acceptors (Lipinski definition) is 8. The molecule has 12 heteroatoms. The summed E-state index contributed by atoms with van der Waals surface area (Å²) in [4.78, 5) is 26.2. The number of carbonyl (C=O) groups is 1. The van der Waals surface area contributed by atoms with Crippen molar-refractivity contribution in [3.63, 3.8) is 0 Å². The van der Waals surface area contributed by atoms with Crippen molar-refractivity contribution < 1.29 is 23.4 Å². The van der Waals surface area contributed by atoms with Crippen LogP contribution in [0.15, 0.2) is 24.4 Å². The number of rotatable bonds is 8. The second-order valence-corrected chi connectivity index (χ2v) is 9.89. The minimum absolute atomic E-state index is 0.0712. The van der Waals surface area contributed by atoms with Gasteiger partial charge in [-0.3, -0.25) is 14.7 Å². The fraction of sp³-hybridized carbons (Fsp3) is 0.520. The maximum absolute atomic E-state index is 14.1. The van der Waals surface area contributed by atoms with Crippen molar-refractivity contribution >= 4 is 5.97 Å². The number of aryl methyl sites for hydroxylation is 2. The van der Waals surface area contributed by atoms with Gasteiger partial charge in [-0.2, -0.15) is 4.98 Å². The van der Waals surface area contributed by atoms with Gasteiger partial charge in [0.1, 0.15) is 18.0 Å². The van der Waals surface area contributed by atoms with Gasteiger partial charge in [-0.1, -0.05) is 17.7 Å². The molecule has 4 heterocycles. The highest BCUT2D eigenvalue weighted by Crippen LogP contribution is 2.35. The number of piperidine rings is 1. The number of nitrogens with zero attached hydrogens (tertiary/aromatic N) is 7. The van der Waals surface area contributed by atoms with Gasteiger partial charge in [0.05, 0.1) is 23.9 Å². The van der Waals surface area contributed by atoms with Crippen molar-refractivity contribution in [3.05, 3.63) is 47.0 Å². The molecule has 1 aliphatic heterocycles. The van der Waals surface area contributed by atoms with Crippen LogP contribution in [-0.4, -0.2) is 64.9 Å². The van der Waals surface area contributed by atoms with Gasteiger partial charge in [-0.15, -0.1) is 5.10 Å². The predicted molar refractivity (Wildman–Crippen MR) is 128 cm³/mol. The van der Waals surface area contributed by atoms with E-state index in [-0.39, 0.29) is 19.7 Å². The average Bonchev–Trinajstić information content (AvgIpc) is 3.17. The van der Waals surface area contributed by atoms with Crippen molar-refractivity contribution in [1.82, 2.24) is 34.8 Å². The zero-order chi connectivity index (χ0) is 26.2. The van der Waals surface area contributed by atoms with Crippen LogP contribution >= 0.6 is 0 Å². The van der Waals surface area contributed by atoms with Crippen LogP contribution in [0.1, 0.15) is 54.2 Å². The molecule has 1 unspecified atom stereocenters. The normalized spacial score (nSPS) is 19.9. The van der Waals surface area contributed by atoms with E-state index in [2.05, 4.69) is 25.3 Å². The number of pyridine rings is 1. The lowest BCUT2D eigenvalue weighted by Crippen LogP contribution is -2.48. The molecule has 0 radical (unpaired) electrons. The van der Waals surface area contributed by atoms with Gasteiger partial charge in [0, 0.05) is 44.4 Å². The first kappa shape index (κ1) is 25.1. The van der Waals surface area contributed by atoms with Crippen LogP contribution in [-0.2, 0) is 25.0 Å². The molecule has 5 rings (SSSR count). The van der Waals surface area contributed by atoms with Crippen molar-refractivity contribution in [2.75, 3.05) is 13.1 Å². The highest BCUT2D eigenvalue weighted by atomic mass is 19.3. The molecule has 0 bridgehead atoms. The van der Waals surface area contributed by atoms with E-state index in [0.29, 0.717) is 34.7 Å². The topological polar surface area (TPSA) is 119 Å². The summed E-state index contributed by atoms with van der Waals surface area (Å²) >= 11 is 0. The van der Waals surface area contributed by atoms with Crippen molar-refractivity contribution in [3.8, 4) is 17.4 Å². The number of ether oxygens (including phenoxy) is 1. The number of carboxylic acids is 1. The Bertz CT molecular complexity index is 1300. The Kier molecular flexibility index (Phi) is 6.84. The average molecular weight is 514 g/mol. The lowest BCUT2D eigenvalue weighted by atomic mass is 9.83. The number of carboxylic acid groups (broad SMARTS) is 1. The molecule has 1 aliphatic carbocycles. The third kappa shape index (κ3) is 5.58. The Morgan fingerprint density at radius 2 is 2.05 bits per heavy atom. The first-order valence-electron chi connectivity index (χ1n) is 12.3. The van der Waals surface area contributed by atoms with E-state index in [9.17, 15) is 18.7 Å². The summed E-state index contributed by atoms with van der Waals surface area (Å²) in [6.07, 6.45) is 4.55. The van der Waals surface area contributed by atoms with E-state index in [0.717, 1.165) is 24.1 Å². The highest BCUT2D eigenvalue weighted by molar-refractivity contribution is 5.70. The summed E-state index contributed by atoms with van der Waals surface area (Å²) < 4.78 is 35.7. The summed E-state index contributed by atoms with van der Waals surface area (Å²) in [5, 5.41) is 17.6. The predicted octanol–water partition coefficient (Wildman–Crippen LogP) is 3.36. The molecular formula is C25H29F2N7O3. The lowest BCUT2D eigenvalue weighted by molar-refractivity contribution is -0.153. The molecule has 1 atom stereocenters. The smallest absolute Gasteiger partial charge is 0.316 e. The fourth-order valence-corrected chi connectivity index (χ4v) is 4.83. The molecule has 3 aromatic heterocycles. The number of aromatic nitrogens is 6. The maximum atomic E-state index is 14.1. The summed E-state index contributed by atoms with van der Waals surface area (Å²) in [5.74, 6) is -4.88. The molecule has 1 saturated heterocycles. The number of aliphatic carboxylic acids is 1. The van der Waals surface area contributed by atoms with Crippen molar-refractivity contribution in [2.24, 2.45) is 13.0 Å². The minimum atomic E-state index is -3.04. The number of hydrogen-bond donors (Lipinski definition) is 1. The first-order valence-corrected chi connectivity index (χ1v) is 12.3. The molecule has 196 valence electrons. The van der Waals surface area contributed by atoms with Crippen LogP contribution in [0.5, 0.6) is 6.01 Å². The second kappa shape index (κ2) is 10.1. The van der Waals surface area contributed by atoms with Crippen LogP contribution in [0.4, 0.5) is 8.78 Å². The Hall–Kier alpha value is -3.54. The van der Waals surface area contributed by atoms with Gasteiger partial charge in [-0.05, 0) is 37.5 Å². The molecular weight excluding hydrogens is 484 g/mol. The Labute approximate surface area is 212 Å². The van der Waals surface area contributed by atoms with Gasteiger partial charge in [0.2, 0.25) is 0 Å². The lowest BCUT2D eigenvalue weighted by Gasteiger charge is -2.36. The first-order chi connectivity index (χ1) is 17.7. The van der Waals surface area contributed by atoms with E-state index in [1.807, 2.05) is 12.1 Å². The maximum Gasteiger partial charge on any atom is 0.316 e. The zero-order valence-corrected chi connectivity index (χ0v) is 20.8. The van der Waals surface area contributed by atoms with E-state index >= 15 is 0 Å². The summed E-state index contributed by atoms with van der Waals surface area (Å²) in [6, 6.07) is 5.80. The largest absolute Gasteiger partial charge is 0.481 e. The summed E-state index contributed by atoms with van der Waals surface area (Å²) in [7, 11) is 1.76. The van der Waals surface area contributed by atoms with Gasteiger partial charge in [0.25, 0.3) is 5.92 Å². The van der Waals surface area contributed by atoms with Crippen LogP contribution in [0, 0.1) is 12.8 Å². The summed E-state index contributed by atoms with van der Waals surface area (Å²) in [5.41, 5.74) is 4.19. The number of alkyl halides is 2. The Morgan fingerprint density at radius 3 is 2.76 bits per heavy atom. The van der Waals surface area contributed by atoms with Crippen LogP contribution in [0.2, 0.25) is 0 Å². The molecule has 3 aromatic rings. The Balaban J connectivity index is 1.30. The Morgan fingerprint density at radius 1 is 1.24 bits per heavy atom. The molecule has 2 fully saturated rings. The minimum Gasteiger partial charge on any atom is -0.481 e. The summed E-state index contributed by atoms with van der Waals surface area (Å²) in [6.45, 7) is 1.72. The van der Waals surface area contributed by atoms with Crippen LogP contribution < -0.4 is 4.74 Å². The molecule has 0 aromatic carbocycles. The van der Waals surface area contributed by atoms with E-state index in [4.69, 9.17) is 4.74 Å². The van der Waals surface area contributed by atoms with Crippen molar-refractivity contribution in [1.29, 1.82) is 0 Å². The monoisotopic (exact) mass is 513 g/mol. The molecule has 0 amide bonds.